The van der Waals surface area contributed by atoms with E-state index in [0.717, 1.165) is 10.9 Å². The van der Waals surface area contributed by atoms with Crippen molar-refractivity contribution >= 4 is 22.0 Å². The molecular weight excluding hydrogens is 228 g/mol. The Balaban J connectivity index is 2.87. The summed E-state index contributed by atoms with van der Waals surface area (Å²) in [7, 11) is 0. The molecule has 0 aromatic heterocycles. The first-order valence-electron chi connectivity index (χ1n) is 4.24. The van der Waals surface area contributed by atoms with E-state index in [4.69, 9.17) is 5.11 Å². The molecule has 0 saturated heterocycles. The Morgan fingerprint density at radius 2 is 2.15 bits per heavy atom. The first-order valence-corrected chi connectivity index (χ1v) is 5.36. The summed E-state index contributed by atoms with van der Waals surface area (Å²) in [5.74, 6) is 0. The van der Waals surface area contributed by atoms with E-state index in [0.29, 0.717) is 0 Å². The molecule has 13 heavy (non-hydrogen) atoms. The number of hydrogen-bond acceptors (Lipinski definition) is 1. The van der Waals surface area contributed by atoms with Gasteiger partial charge in [0.2, 0.25) is 0 Å². The van der Waals surface area contributed by atoms with Crippen molar-refractivity contribution in [2.45, 2.75) is 18.4 Å². The lowest BCUT2D eigenvalue weighted by Gasteiger charge is -2.01. The average molecular weight is 241 g/mol. The molecule has 1 atom stereocenters. The smallest absolute Gasteiger partial charge is 0.0696 e. The predicted molar refractivity (Wildman–Crippen MR) is 59.8 cm³/mol. The van der Waals surface area contributed by atoms with Gasteiger partial charge in [0, 0.05) is 5.33 Å². The third kappa shape index (κ3) is 3.33. The normalized spacial score (nSPS) is 13.5. The van der Waals surface area contributed by atoms with Crippen molar-refractivity contribution in [3.63, 3.8) is 0 Å². The van der Waals surface area contributed by atoms with Gasteiger partial charge in [0.1, 0.15) is 0 Å². The number of aliphatic hydroxyl groups excluding tert-OH is 1. The van der Waals surface area contributed by atoms with Crippen LogP contribution in [0.15, 0.2) is 30.3 Å². The van der Waals surface area contributed by atoms with Crippen LogP contribution in [-0.2, 0) is 5.33 Å². The minimum Gasteiger partial charge on any atom is -0.389 e. The van der Waals surface area contributed by atoms with Crippen LogP contribution in [0.4, 0.5) is 0 Å². The Morgan fingerprint density at radius 1 is 1.46 bits per heavy atom. The summed E-state index contributed by atoms with van der Waals surface area (Å²) in [6.45, 7) is 1.74. The fourth-order valence-electron chi connectivity index (χ4n) is 1.06. The summed E-state index contributed by atoms with van der Waals surface area (Å²) in [4.78, 5) is 0. The highest BCUT2D eigenvalue weighted by Crippen LogP contribution is 2.14. The van der Waals surface area contributed by atoms with Crippen LogP contribution in [0.2, 0.25) is 0 Å². The molecule has 1 N–H and O–H groups in total. The second-order valence-corrected chi connectivity index (χ2v) is 3.49. The third-order valence-electron chi connectivity index (χ3n) is 1.75. The zero-order valence-corrected chi connectivity index (χ0v) is 9.16. The van der Waals surface area contributed by atoms with Crippen LogP contribution >= 0.6 is 15.9 Å². The van der Waals surface area contributed by atoms with Gasteiger partial charge in [0.05, 0.1) is 6.10 Å². The molecule has 1 aromatic rings. The molecule has 0 aliphatic carbocycles. The highest BCUT2D eigenvalue weighted by Gasteiger charge is 1.95. The van der Waals surface area contributed by atoms with E-state index >= 15 is 0 Å². The SMILES string of the molecule is CC(O)/C=C\c1ccccc1CBr. The number of hydrogen-bond donors (Lipinski definition) is 1. The van der Waals surface area contributed by atoms with Gasteiger partial charge in [-0.15, -0.1) is 0 Å². The molecule has 0 fully saturated rings. The van der Waals surface area contributed by atoms with Crippen molar-refractivity contribution in [3.8, 4) is 0 Å². The summed E-state index contributed by atoms with van der Waals surface area (Å²) in [6.07, 6.45) is 3.34. The Kier molecular flexibility index (Phi) is 4.19. The zero-order chi connectivity index (χ0) is 9.68. The zero-order valence-electron chi connectivity index (χ0n) is 7.57. The molecule has 1 aromatic carbocycles. The molecule has 1 nitrogen and oxygen atoms in total. The number of halogens is 1. The number of rotatable bonds is 3. The van der Waals surface area contributed by atoms with E-state index in [1.165, 1.54) is 5.56 Å². The van der Waals surface area contributed by atoms with Crippen LogP contribution in [0.25, 0.3) is 6.08 Å². The van der Waals surface area contributed by atoms with Gasteiger partial charge < -0.3 is 5.11 Å². The van der Waals surface area contributed by atoms with Gasteiger partial charge in [-0.2, -0.15) is 0 Å². The number of aliphatic hydroxyl groups is 1. The van der Waals surface area contributed by atoms with Gasteiger partial charge in [0.15, 0.2) is 0 Å². The summed E-state index contributed by atoms with van der Waals surface area (Å²) >= 11 is 3.42. The molecule has 0 saturated carbocycles. The molecule has 1 rings (SSSR count). The number of benzene rings is 1. The minimum absolute atomic E-state index is 0.386. The van der Waals surface area contributed by atoms with Gasteiger partial charge in [-0.25, -0.2) is 0 Å². The first-order chi connectivity index (χ1) is 6.24. The minimum atomic E-state index is -0.386. The van der Waals surface area contributed by atoms with Crippen molar-refractivity contribution < 1.29 is 5.11 Å². The van der Waals surface area contributed by atoms with Crippen LogP contribution in [0, 0.1) is 0 Å². The van der Waals surface area contributed by atoms with Crippen LogP contribution in [-0.4, -0.2) is 11.2 Å². The second kappa shape index (κ2) is 5.20. The molecule has 2 heteroatoms. The van der Waals surface area contributed by atoms with E-state index in [9.17, 15) is 0 Å². The first kappa shape index (κ1) is 10.5. The molecule has 0 heterocycles. The maximum atomic E-state index is 9.08. The summed E-state index contributed by atoms with van der Waals surface area (Å²) in [6, 6.07) is 8.11. The van der Waals surface area contributed by atoms with Gasteiger partial charge in [-0.3, -0.25) is 0 Å². The Hall–Kier alpha value is -0.600. The fraction of sp³-hybridized carbons (Fsp3) is 0.273. The largest absolute Gasteiger partial charge is 0.389 e. The van der Waals surface area contributed by atoms with Crippen LogP contribution in [0.1, 0.15) is 18.1 Å². The summed E-state index contributed by atoms with van der Waals surface area (Å²) < 4.78 is 0. The quantitative estimate of drug-likeness (QED) is 0.806. The highest BCUT2D eigenvalue weighted by atomic mass is 79.9. The fourth-order valence-corrected chi connectivity index (χ4v) is 1.57. The molecular formula is C11H13BrO. The molecule has 1 unspecified atom stereocenters. The van der Waals surface area contributed by atoms with Gasteiger partial charge in [-0.05, 0) is 18.1 Å². The Bertz CT molecular complexity index is 292. The lowest BCUT2D eigenvalue weighted by atomic mass is 10.1. The van der Waals surface area contributed by atoms with Crippen molar-refractivity contribution in [3.05, 3.63) is 41.5 Å². The number of alkyl halides is 1. The topological polar surface area (TPSA) is 20.2 Å². The molecule has 0 aliphatic heterocycles. The van der Waals surface area contributed by atoms with Crippen molar-refractivity contribution in [2.24, 2.45) is 0 Å². The van der Waals surface area contributed by atoms with E-state index in [1.807, 2.05) is 24.3 Å². The summed E-state index contributed by atoms with van der Waals surface area (Å²) in [5.41, 5.74) is 2.39. The van der Waals surface area contributed by atoms with Crippen molar-refractivity contribution in [2.75, 3.05) is 0 Å². The molecule has 0 bridgehead atoms. The monoisotopic (exact) mass is 240 g/mol. The summed E-state index contributed by atoms with van der Waals surface area (Å²) in [5, 5.41) is 9.92. The van der Waals surface area contributed by atoms with Crippen molar-refractivity contribution in [1.82, 2.24) is 0 Å². The van der Waals surface area contributed by atoms with Gasteiger partial charge in [0.25, 0.3) is 0 Å². The maximum absolute atomic E-state index is 9.08. The lowest BCUT2D eigenvalue weighted by molar-refractivity contribution is 0.245. The van der Waals surface area contributed by atoms with Gasteiger partial charge in [-0.1, -0.05) is 52.3 Å². The van der Waals surface area contributed by atoms with Crippen LogP contribution in [0.5, 0.6) is 0 Å². The molecule has 70 valence electrons. The Morgan fingerprint density at radius 3 is 2.77 bits per heavy atom. The standard InChI is InChI=1S/C11H13BrO/c1-9(13)6-7-10-4-2-3-5-11(10)8-12/h2-7,9,13H,8H2,1H3/b7-6-. The van der Waals surface area contributed by atoms with Crippen LogP contribution in [0.3, 0.4) is 0 Å². The van der Waals surface area contributed by atoms with Gasteiger partial charge >= 0.3 is 0 Å². The Labute approximate surface area is 87.2 Å². The van der Waals surface area contributed by atoms with Crippen molar-refractivity contribution in [1.29, 1.82) is 0 Å². The highest BCUT2D eigenvalue weighted by molar-refractivity contribution is 9.08. The molecule has 0 aliphatic rings. The van der Waals surface area contributed by atoms with E-state index < -0.39 is 0 Å². The van der Waals surface area contributed by atoms with E-state index in [2.05, 4.69) is 22.0 Å². The van der Waals surface area contributed by atoms with Crippen LogP contribution < -0.4 is 0 Å². The predicted octanol–water partition coefficient (Wildman–Crippen LogP) is 2.98. The third-order valence-corrected chi connectivity index (χ3v) is 2.36. The van der Waals surface area contributed by atoms with E-state index in [-0.39, 0.29) is 6.10 Å². The van der Waals surface area contributed by atoms with E-state index in [1.54, 1.807) is 13.0 Å². The molecule has 0 spiro atoms. The molecule has 0 radical (unpaired) electrons. The lowest BCUT2D eigenvalue weighted by Crippen LogP contribution is -1.92. The average Bonchev–Trinajstić information content (AvgIpc) is 2.15. The second-order valence-electron chi connectivity index (χ2n) is 2.93. The molecule has 0 amide bonds. The maximum Gasteiger partial charge on any atom is 0.0696 e.